The Labute approximate surface area is 96.0 Å². The number of amides is 1. The van der Waals surface area contributed by atoms with E-state index >= 15 is 0 Å². The molecule has 0 aliphatic rings. The highest BCUT2D eigenvalue weighted by atomic mass is 16.1. The minimum absolute atomic E-state index is 0.0908. The molecule has 1 aromatic heterocycles. The Balaban J connectivity index is 2.48. The van der Waals surface area contributed by atoms with Gasteiger partial charge in [-0.3, -0.25) is 4.79 Å². The van der Waals surface area contributed by atoms with Crippen LogP contribution in [-0.4, -0.2) is 21.5 Å². The van der Waals surface area contributed by atoms with Gasteiger partial charge in [-0.2, -0.15) is 0 Å². The van der Waals surface area contributed by atoms with Crippen molar-refractivity contribution in [1.29, 1.82) is 0 Å². The van der Waals surface area contributed by atoms with Gasteiger partial charge in [-0.15, -0.1) is 0 Å². The second-order valence-electron chi connectivity index (χ2n) is 4.34. The van der Waals surface area contributed by atoms with Gasteiger partial charge in [0.25, 0.3) is 0 Å². The number of rotatable bonds is 6. The molecule has 0 aromatic carbocycles. The molecule has 0 saturated carbocycles. The van der Waals surface area contributed by atoms with Crippen molar-refractivity contribution < 1.29 is 4.79 Å². The van der Waals surface area contributed by atoms with E-state index in [2.05, 4.69) is 28.7 Å². The molecule has 1 atom stereocenters. The predicted octanol–water partition coefficient (Wildman–Crippen LogP) is 0.817. The summed E-state index contributed by atoms with van der Waals surface area (Å²) in [5, 5.41) is 3.25. The summed E-state index contributed by atoms with van der Waals surface area (Å²) in [6, 6.07) is 0.485. The van der Waals surface area contributed by atoms with Gasteiger partial charge in [0.2, 0.25) is 5.91 Å². The number of hydrogen-bond acceptors (Lipinski definition) is 3. The third-order valence-electron chi connectivity index (χ3n) is 2.44. The van der Waals surface area contributed by atoms with E-state index in [9.17, 15) is 4.79 Å². The van der Waals surface area contributed by atoms with Crippen LogP contribution in [0.15, 0.2) is 12.5 Å². The molecule has 1 unspecified atom stereocenters. The van der Waals surface area contributed by atoms with Crippen molar-refractivity contribution in [2.45, 2.75) is 45.8 Å². The Morgan fingerprint density at radius 3 is 2.81 bits per heavy atom. The first-order valence-corrected chi connectivity index (χ1v) is 5.53. The van der Waals surface area contributed by atoms with Crippen LogP contribution in [0.2, 0.25) is 0 Å². The molecule has 0 aliphatic heterocycles. The van der Waals surface area contributed by atoms with E-state index in [1.54, 1.807) is 0 Å². The Bertz CT molecular complexity index is 346. The van der Waals surface area contributed by atoms with Crippen molar-refractivity contribution in [3.8, 4) is 0 Å². The zero-order valence-corrected chi connectivity index (χ0v) is 10.1. The first-order valence-electron chi connectivity index (χ1n) is 5.53. The van der Waals surface area contributed by atoms with Crippen molar-refractivity contribution in [2.75, 3.05) is 0 Å². The van der Waals surface area contributed by atoms with Gasteiger partial charge in [-0.25, -0.2) is 4.98 Å². The van der Waals surface area contributed by atoms with Crippen LogP contribution < -0.4 is 11.1 Å². The van der Waals surface area contributed by atoms with Crippen molar-refractivity contribution >= 4 is 5.91 Å². The molecular formula is C11H20N4O. The SMILES string of the molecule is CC(CC(N)=O)NCc1cncn1C(C)C. The quantitative estimate of drug-likeness (QED) is 0.751. The second-order valence-corrected chi connectivity index (χ2v) is 4.34. The lowest BCUT2D eigenvalue weighted by molar-refractivity contribution is -0.118. The van der Waals surface area contributed by atoms with Crippen LogP contribution in [-0.2, 0) is 11.3 Å². The van der Waals surface area contributed by atoms with Crippen molar-refractivity contribution in [3.63, 3.8) is 0 Å². The van der Waals surface area contributed by atoms with Crippen molar-refractivity contribution in [3.05, 3.63) is 18.2 Å². The van der Waals surface area contributed by atoms with Crippen LogP contribution in [0.5, 0.6) is 0 Å². The van der Waals surface area contributed by atoms with Crippen LogP contribution in [0.1, 0.15) is 38.9 Å². The van der Waals surface area contributed by atoms with E-state index in [0.717, 1.165) is 5.69 Å². The Kier molecular flexibility index (Phi) is 4.49. The maximum absolute atomic E-state index is 10.7. The molecule has 0 spiro atoms. The van der Waals surface area contributed by atoms with E-state index in [0.29, 0.717) is 19.0 Å². The molecule has 1 aromatic rings. The fraction of sp³-hybridized carbons (Fsp3) is 0.636. The highest BCUT2D eigenvalue weighted by Crippen LogP contribution is 2.08. The van der Waals surface area contributed by atoms with Gasteiger partial charge in [0, 0.05) is 31.2 Å². The van der Waals surface area contributed by atoms with Gasteiger partial charge in [0.05, 0.1) is 12.0 Å². The number of carbonyl (C=O) groups is 1. The average molecular weight is 224 g/mol. The lowest BCUT2D eigenvalue weighted by Crippen LogP contribution is -2.31. The van der Waals surface area contributed by atoms with E-state index in [1.807, 2.05) is 19.4 Å². The summed E-state index contributed by atoms with van der Waals surface area (Å²) in [5.41, 5.74) is 6.24. The molecule has 0 bridgehead atoms. The fourth-order valence-corrected chi connectivity index (χ4v) is 1.59. The molecule has 5 heteroatoms. The number of hydrogen-bond donors (Lipinski definition) is 2. The molecule has 0 aliphatic carbocycles. The number of nitrogens with one attached hydrogen (secondary N) is 1. The van der Waals surface area contributed by atoms with Crippen LogP contribution >= 0.6 is 0 Å². The highest BCUT2D eigenvalue weighted by molar-refractivity contribution is 5.74. The Morgan fingerprint density at radius 1 is 1.56 bits per heavy atom. The van der Waals surface area contributed by atoms with Crippen molar-refractivity contribution in [2.24, 2.45) is 5.73 Å². The molecule has 1 rings (SSSR count). The largest absolute Gasteiger partial charge is 0.370 e. The monoisotopic (exact) mass is 224 g/mol. The summed E-state index contributed by atoms with van der Waals surface area (Å²) in [5.74, 6) is -0.280. The first-order chi connectivity index (χ1) is 7.50. The fourth-order valence-electron chi connectivity index (χ4n) is 1.59. The third kappa shape index (κ3) is 3.66. The third-order valence-corrected chi connectivity index (χ3v) is 2.44. The van der Waals surface area contributed by atoms with Gasteiger partial charge < -0.3 is 15.6 Å². The summed E-state index contributed by atoms with van der Waals surface area (Å²) in [7, 11) is 0. The van der Waals surface area contributed by atoms with Gasteiger partial charge in [0.15, 0.2) is 0 Å². The minimum Gasteiger partial charge on any atom is -0.370 e. The number of nitrogens with two attached hydrogens (primary N) is 1. The topological polar surface area (TPSA) is 72.9 Å². The molecule has 3 N–H and O–H groups in total. The standard InChI is InChI=1S/C11H20N4O/c1-8(2)15-7-13-5-10(15)6-14-9(3)4-11(12)16/h5,7-9,14H,4,6H2,1-3H3,(H2,12,16). The number of imidazole rings is 1. The molecule has 0 fully saturated rings. The molecule has 0 saturated heterocycles. The smallest absolute Gasteiger partial charge is 0.218 e. The summed E-state index contributed by atoms with van der Waals surface area (Å²) >= 11 is 0. The van der Waals surface area contributed by atoms with Crippen LogP contribution in [0.25, 0.3) is 0 Å². The minimum atomic E-state index is -0.280. The maximum atomic E-state index is 10.7. The molecular weight excluding hydrogens is 204 g/mol. The predicted molar refractivity (Wildman–Crippen MR) is 62.7 cm³/mol. The number of carbonyl (C=O) groups excluding carboxylic acids is 1. The van der Waals surface area contributed by atoms with Crippen LogP contribution in [0.3, 0.4) is 0 Å². The van der Waals surface area contributed by atoms with Gasteiger partial charge in [-0.1, -0.05) is 0 Å². The first kappa shape index (κ1) is 12.7. The van der Waals surface area contributed by atoms with Gasteiger partial charge >= 0.3 is 0 Å². The zero-order chi connectivity index (χ0) is 12.1. The van der Waals surface area contributed by atoms with Crippen LogP contribution in [0.4, 0.5) is 0 Å². The van der Waals surface area contributed by atoms with Gasteiger partial charge in [0.1, 0.15) is 0 Å². The molecule has 16 heavy (non-hydrogen) atoms. The number of aromatic nitrogens is 2. The van der Waals surface area contributed by atoms with E-state index in [-0.39, 0.29) is 11.9 Å². The van der Waals surface area contributed by atoms with E-state index in [1.165, 1.54) is 0 Å². The van der Waals surface area contributed by atoms with E-state index in [4.69, 9.17) is 5.73 Å². The molecule has 0 radical (unpaired) electrons. The summed E-state index contributed by atoms with van der Waals surface area (Å²) in [6.45, 7) is 6.86. The lowest BCUT2D eigenvalue weighted by Gasteiger charge is -2.15. The summed E-state index contributed by atoms with van der Waals surface area (Å²) in [6.07, 6.45) is 4.01. The highest BCUT2D eigenvalue weighted by Gasteiger charge is 2.08. The normalized spacial score (nSPS) is 13.0. The summed E-state index contributed by atoms with van der Waals surface area (Å²) < 4.78 is 2.10. The molecule has 1 heterocycles. The second kappa shape index (κ2) is 5.65. The average Bonchev–Trinajstić information content (AvgIpc) is 2.61. The van der Waals surface area contributed by atoms with E-state index < -0.39 is 0 Å². The van der Waals surface area contributed by atoms with Crippen LogP contribution in [0, 0.1) is 0 Å². The maximum Gasteiger partial charge on any atom is 0.218 e. The van der Waals surface area contributed by atoms with Gasteiger partial charge in [-0.05, 0) is 20.8 Å². The summed E-state index contributed by atoms with van der Waals surface area (Å²) in [4.78, 5) is 14.8. The zero-order valence-electron chi connectivity index (χ0n) is 10.1. The Hall–Kier alpha value is -1.36. The number of primary amides is 1. The Morgan fingerprint density at radius 2 is 2.25 bits per heavy atom. The molecule has 90 valence electrons. The molecule has 1 amide bonds. The molecule has 5 nitrogen and oxygen atoms in total. The lowest BCUT2D eigenvalue weighted by atomic mass is 10.2. The number of nitrogens with zero attached hydrogens (tertiary/aromatic N) is 2. The van der Waals surface area contributed by atoms with Crippen molar-refractivity contribution in [1.82, 2.24) is 14.9 Å².